The fraction of sp³-hybridized carbons (Fsp3) is 0.914. The SMILES string of the molecule is CCCCCCCCCCCCCCCCCCCCCCC/C=C/CC/C=C/CC/C=C/C(O)C(COC1OC(CO)C(O)C(O)C1O)NC(=O)CCCCCCCCCCCCCCCCCCCCCCCCCCCCCCCCCCCCCC. The third-order valence-electron chi connectivity index (χ3n) is 19.4. The van der Waals surface area contributed by atoms with E-state index in [0.29, 0.717) is 6.42 Å². The van der Waals surface area contributed by atoms with Crippen molar-refractivity contribution >= 4 is 5.91 Å². The minimum absolute atomic E-state index is 0.182. The summed E-state index contributed by atoms with van der Waals surface area (Å²) >= 11 is 0. The number of ether oxygens (including phenoxy) is 2. The second-order valence-corrected chi connectivity index (χ2v) is 28.2. The van der Waals surface area contributed by atoms with Crippen molar-refractivity contribution in [2.45, 2.75) is 461 Å². The highest BCUT2D eigenvalue weighted by Gasteiger charge is 2.44. The zero-order valence-electron chi connectivity index (χ0n) is 59.9. The largest absolute Gasteiger partial charge is 0.394 e. The van der Waals surface area contributed by atoms with Crippen LogP contribution in [0.2, 0.25) is 0 Å². The Morgan fingerprint density at radius 3 is 0.933 bits per heavy atom. The van der Waals surface area contributed by atoms with Gasteiger partial charge in [0.25, 0.3) is 0 Å². The lowest BCUT2D eigenvalue weighted by Gasteiger charge is -2.40. The molecule has 90 heavy (non-hydrogen) atoms. The van der Waals surface area contributed by atoms with E-state index < -0.39 is 49.5 Å². The van der Waals surface area contributed by atoms with Crippen molar-refractivity contribution in [3.8, 4) is 0 Å². The number of hydrogen-bond acceptors (Lipinski definition) is 8. The Bertz CT molecular complexity index is 1520. The first-order valence-electron chi connectivity index (χ1n) is 40.2. The first-order chi connectivity index (χ1) is 44.3. The Hall–Kier alpha value is -1.59. The zero-order valence-corrected chi connectivity index (χ0v) is 59.9. The van der Waals surface area contributed by atoms with Gasteiger partial charge in [0.2, 0.25) is 5.91 Å². The van der Waals surface area contributed by atoms with E-state index in [1.54, 1.807) is 6.08 Å². The highest BCUT2D eigenvalue weighted by molar-refractivity contribution is 5.76. The molecule has 7 unspecified atom stereocenters. The predicted octanol–water partition coefficient (Wildman–Crippen LogP) is 22.9. The molecule has 1 aliphatic heterocycles. The summed E-state index contributed by atoms with van der Waals surface area (Å²) in [6, 6.07) is -0.829. The number of amides is 1. The van der Waals surface area contributed by atoms with Crippen LogP contribution in [0.3, 0.4) is 0 Å². The molecule has 0 spiro atoms. The number of allylic oxidation sites excluding steroid dienone is 5. The van der Waals surface area contributed by atoms with Gasteiger partial charge in [-0.3, -0.25) is 4.79 Å². The summed E-state index contributed by atoms with van der Waals surface area (Å²) in [4.78, 5) is 13.2. The van der Waals surface area contributed by atoms with E-state index in [0.717, 1.165) is 44.9 Å². The van der Waals surface area contributed by atoms with Gasteiger partial charge in [0.15, 0.2) is 6.29 Å². The van der Waals surface area contributed by atoms with Crippen molar-refractivity contribution < 1.29 is 39.8 Å². The molecule has 0 aromatic carbocycles. The van der Waals surface area contributed by atoms with Crippen LogP contribution >= 0.6 is 0 Å². The molecule has 1 saturated heterocycles. The van der Waals surface area contributed by atoms with E-state index in [2.05, 4.69) is 43.5 Å². The molecule has 0 aromatic rings. The Morgan fingerprint density at radius 1 is 0.367 bits per heavy atom. The molecule has 0 radical (unpaired) electrons. The summed E-state index contributed by atoms with van der Waals surface area (Å²) in [5.74, 6) is -0.182. The van der Waals surface area contributed by atoms with Crippen LogP contribution < -0.4 is 5.32 Å². The topological polar surface area (TPSA) is 149 Å². The minimum atomic E-state index is -1.58. The Morgan fingerprint density at radius 2 is 0.633 bits per heavy atom. The lowest BCUT2D eigenvalue weighted by molar-refractivity contribution is -0.302. The average Bonchev–Trinajstić information content (AvgIpc) is 1.33. The predicted molar refractivity (Wildman–Crippen MR) is 387 cm³/mol. The van der Waals surface area contributed by atoms with Crippen LogP contribution in [-0.4, -0.2) is 87.5 Å². The summed E-state index contributed by atoms with van der Waals surface area (Å²) in [7, 11) is 0. The molecule has 1 fully saturated rings. The fourth-order valence-corrected chi connectivity index (χ4v) is 13.2. The van der Waals surface area contributed by atoms with Crippen LogP contribution in [0.15, 0.2) is 36.5 Å². The van der Waals surface area contributed by atoms with Gasteiger partial charge in [0.05, 0.1) is 25.4 Å². The fourth-order valence-electron chi connectivity index (χ4n) is 13.2. The van der Waals surface area contributed by atoms with Crippen LogP contribution in [0.25, 0.3) is 0 Å². The molecule has 1 rings (SSSR count). The molecule has 0 aromatic heterocycles. The zero-order chi connectivity index (χ0) is 64.9. The van der Waals surface area contributed by atoms with Gasteiger partial charge in [0, 0.05) is 6.42 Å². The minimum Gasteiger partial charge on any atom is -0.394 e. The van der Waals surface area contributed by atoms with Gasteiger partial charge in [-0.05, 0) is 44.9 Å². The van der Waals surface area contributed by atoms with E-state index in [1.807, 2.05) is 6.08 Å². The molecule has 1 aliphatic rings. The number of nitrogens with one attached hydrogen (secondary N) is 1. The Labute approximate surface area is 559 Å². The van der Waals surface area contributed by atoms with Crippen LogP contribution in [0, 0.1) is 0 Å². The van der Waals surface area contributed by atoms with Crippen molar-refractivity contribution in [1.82, 2.24) is 5.32 Å². The van der Waals surface area contributed by atoms with Gasteiger partial charge in [-0.1, -0.05) is 403 Å². The molecular formula is C81H155NO8. The molecule has 1 heterocycles. The van der Waals surface area contributed by atoms with E-state index in [1.165, 1.54) is 353 Å². The first-order valence-corrected chi connectivity index (χ1v) is 40.2. The van der Waals surface area contributed by atoms with E-state index in [9.17, 15) is 30.3 Å². The van der Waals surface area contributed by atoms with E-state index >= 15 is 0 Å². The van der Waals surface area contributed by atoms with Crippen LogP contribution in [0.1, 0.15) is 418 Å². The molecule has 9 heteroatoms. The molecular weight excluding hydrogens is 1110 g/mol. The number of hydrogen-bond donors (Lipinski definition) is 6. The number of carbonyl (C=O) groups is 1. The van der Waals surface area contributed by atoms with E-state index in [-0.39, 0.29) is 12.5 Å². The summed E-state index contributed by atoms with van der Waals surface area (Å²) in [6.45, 7) is 3.83. The molecule has 0 bridgehead atoms. The summed E-state index contributed by atoms with van der Waals surface area (Å²) in [6.07, 6.45) is 88.8. The van der Waals surface area contributed by atoms with Gasteiger partial charge < -0.3 is 40.3 Å². The normalized spacial score (nSPS) is 17.9. The number of rotatable bonds is 72. The monoisotopic (exact) mass is 1270 g/mol. The lowest BCUT2D eigenvalue weighted by atomic mass is 9.99. The van der Waals surface area contributed by atoms with Crippen LogP contribution in [0.5, 0.6) is 0 Å². The average molecular weight is 1270 g/mol. The highest BCUT2D eigenvalue weighted by Crippen LogP contribution is 2.24. The van der Waals surface area contributed by atoms with Crippen molar-refractivity contribution in [2.24, 2.45) is 0 Å². The van der Waals surface area contributed by atoms with Crippen LogP contribution in [0.4, 0.5) is 0 Å². The molecule has 532 valence electrons. The van der Waals surface area contributed by atoms with Crippen molar-refractivity contribution in [2.75, 3.05) is 13.2 Å². The van der Waals surface area contributed by atoms with Crippen LogP contribution in [-0.2, 0) is 14.3 Å². The Balaban J connectivity index is 2.08. The van der Waals surface area contributed by atoms with Crippen molar-refractivity contribution in [3.05, 3.63) is 36.5 Å². The lowest BCUT2D eigenvalue weighted by Crippen LogP contribution is -2.60. The number of carbonyl (C=O) groups excluding carboxylic acids is 1. The number of aliphatic hydroxyl groups excluding tert-OH is 5. The second kappa shape index (κ2) is 70.2. The molecule has 0 saturated carbocycles. The maximum atomic E-state index is 13.2. The molecule has 9 nitrogen and oxygen atoms in total. The molecule has 6 N–H and O–H groups in total. The smallest absolute Gasteiger partial charge is 0.220 e. The molecule has 7 atom stereocenters. The summed E-state index contributed by atoms with van der Waals surface area (Å²) in [5, 5.41) is 54.9. The van der Waals surface area contributed by atoms with Crippen molar-refractivity contribution in [1.29, 1.82) is 0 Å². The van der Waals surface area contributed by atoms with Gasteiger partial charge in [-0.2, -0.15) is 0 Å². The quantitative estimate of drug-likeness (QED) is 0.0261. The van der Waals surface area contributed by atoms with Gasteiger partial charge >= 0.3 is 0 Å². The molecule has 0 aliphatic carbocycles. The Kier molecular flexibility index (Phi) is 67.4. The van der Waals surface area contributed by atoms with Gasteiger partial charge in [0.1, 0.15) is 24.4 Å². The summed E-state index contributed by atoms with van der Waals surface area (Å²) < 4.78 is 11.3. The van der Waals surface area contributed by atoms with Crippen molar-refractivity contribution in [3.63, 3.8) is 0 Å². The standard InChI is InChI=1S/C81H155NO8/c1-3-5-7-9-11-13-15-17-19-21-23-25-27-29-31-33-35-36-37-38-39-41-43-45-47-49-51-53-55-57-59-61-63-65-67-69-71-77(85)82-74(73-89-81-80(88)79(87)78(86)76(72-83)90-81)75(84)70-68-66-64-62-60-58-56-54-52-50-48-46-44-42-40-34-32-30-28-26-24-22-20-18-16-14-12-10-8-6-4-2/h52,54,60,62,68,70,74-76,78-81,83-84,86-88H,3-51,53,55-59,61,63-67,69,71-73H2,1-2H3,(H,82,85)/b54-52+,62-60+,70-68+. The first kappa shape index (κ1) is 86.4. The van der Waals surface area contributed by atoms with Gasteiger partial charge in [-0.15, -0.1) is 0 Å². The number of unbranched alkanes of at least 4 members (excludes halogenated alkanes) is 58. The maximum absolute atomic E-state index is 13.2. The third-order valence-corrected chi connectivity index (χ3v) is 19.4. The number of aliphatic hydroxyl groups is 5. The second-order valence-electron chi connectivity index (χ2n) is 28.2. The highest BCUT2D eigenvalue weighted by atomic mass is 16.7. The maximum Gasteiger partial charge on any atom is 0.220 e. The third kappa shape index (κ3) is 57.8. The molecule has 1 amide bonds. The summed E-state index contributed by atoms with van der Waals surface area (Å²) in [5.41, 5.74) is 0. The van der Waals surface area contributed by atoms with Gasteiger partial charge in [-0.25, -0.2) is 0 Å². The van der Waals surface area contributed by atoms with E-state index in [4.69, 9.17) is 9.47 Å².